The van der Waals surface area contributed by atoms with E-state index in [1.165, 1.54) is 13.7 Å². The quantitative estimate of drug-likeness (QED) is 0.142. The van der Waals surface area contributed by atoms with Gasteiger partial charge in [0, 0.05) is 82.7 Å². The molecule has 15 aromatic carbocycles. The van der Waals surface area contributed by atoms with Gasteiger partial charge < -0.3 is 27.9 Å². The van der Waals surface area contributed by atoms with Crippen LogP contribution < -0.4 is 26.2 Å². The van der Waals surface area contributed by atoms with Crippen LogP contribution in [0.3, 0.4) is 0 Å². The van der Waals surface area contributed by atoms with E-state index in [1.54, 1.807) is 18.2 Å². The van der Waals surface area contributed by atoms with E-state index in [1.807, 2.05) is 150 Å². The van der Waals surface area contributed by atoms with E-state index in [0.717, 1.165) is 27.8 Å². The van der Waals surface area contributed by atoms with Gasteiger partial charge in [-0.25, -0.2) is 0 Å². The average Bonchev–Trinajstić information content (AvgIpc) is 1.66. The number of para-hydroxylation sites is 9. The first-order valence-corrected chi connectivity index (χ1v) is 33.1. The summed E-state index contributed by atoms with van der Waals surface area (Å²) in [5.41, 5.74) is 9.04. The number of rotatable bonds is 8. The van der Waals surface area contributed by atoms with Crippen LogP contribution in [0.25, 0.3) is 138 Å². The molecule has 0 bridgehead atoms. The molecular formula is C94H64BN5O. The van der Waals surface area contributed by atoms with Gasteiger partial charge in [0.1, 0.15) is 0 Å². The molecule has 2 aliphatic rings. The highest BCUT2D eigenvalue weighted by molar-refractivity contribution is 7.00. The fourth-order valence-corrected chi connectivity index (χ4v) is 15.7. The summed E-state index contributed by atoms with van der Waals surface area (Å²) in [6.07, 6.45) is 0. The third-order valence-corrected chi connectivity index (χ3v) is 20.1. The Morgan fingerprint density at radius 1 is 0.307 bits per heavy atom. The van der Waals surface area contributed by atoms with Crippen molar-refractivity contribution in [2.75, 3.05) is 9.80 Å². The van der Waals surface area contributed by atoms with Crippen LogP contribution in [0.4, 0.5) is 34.1 Å². The van der Waals surface area contributed by atoms with E-state index in [2.05, 4.69) is 49.9 Å². The van der Waals surface area contributed by atoms with Crippen LogP contribution in [0.1, 0.15) is 59.2 Å². The highest BCUT2D eigenvalue weighted by atomic mass is 16.3. The standard InChI is InChI=1S/C94H64BN5O/c1-94(2,3)63-31-22-30-61(54-63)62-50-52-76-86(55-62)99(85-49-25-41-75-74-40-24-48-84(92(74)101-93(75)85)98-82-46-20-14-36-72(82)73-37-15-21-47-83(73)98)88-57-65(97-80-44-18-12-34-70(80)71-35-13-19-45-81(71)97)58-89-90(88)95(76)77-53-51-64(96-78-42-16-10-32-68(78)69-33-11-17-43-79(69)96)56-87(77)100(89)91-66(59-26-6-4-7-27-59)38-23-39-67(91)60-28-8-5-9-29-60/h4-58H,1-3H3/i10D,11D,12D,13D,14D,15D,16D,17D,18D,19D,20D,21D,32D,33D,34D,35D,36D,37D,42D,43D,44D,45D,46D,47D. The van der Waals surface area contributed by atoms with Crippen LogP contribution in [-0.4, -0.2) is 20.4 Å². The number of nitrogens with zero attached hydrogens (tertiary/aromatic N) is 5. The summed E-state index contributed by atoms with van der Waals surface area (Å²) < 4.78 is 239. The van der Waals surface area contributed by atoms with Crippen LogP contribution in [0.15, 0.2) is 337 Å². The number of furan rings is 1. The predicted molar refractivity (Wildman–Crippen MR) is 426 cm³/mol. The summed E-state index contributed by atoms with van der Waals surface area (Å²) in [5.74, 6) is 0. The van der Waals surface area contributed by atoms with Crippen molar-refractivity contribution in [2.45, 2.75) is 26.2 Å². The topological polar surface area (TPSA) is 34.4 Å². The van der Waals surface area contributed by atoms with Crippen molar-refractivity contribution in [1.82, 2.24) is 13.7 Å². The minimum atomic E-state index is -0.920. The third kappa shape index (κ3) is 8.47. The van der Waals surface area contributed by atoms with Crippen molar-refractivity contribution in [3.8, 4) is 50.4 Å². The first-order valence-electron chi connectivity index (χ1n) is 45.1. The zero-order chi connectivity index (χ0) is 87.7. The second kappa shape index (κ2) is 21.8. The van der Waals surface area contributed by atoms with Gasteiger partial charge in [0.15, 0.2) is 11.2 Å². The number of benzene rings is 15. The Hall–Kier alpha value is -12.8. The summed E-state index contributed by atoms with van der Waals surface area (Å²) in [7, 11) is 0. The second-order valence-corrected chi connectivity index (χ2v) is 26.5. The molecule has 0 atom stereocenters. The number of anilines is 6. The van der Waals surface area contributed by atoms with Crippen molar-refractivity contribution >= 4 is 145 Å². The van der Waals surface area contributed by atoms with Gasteiger partial charge >= 0.3 is 0 Å². The van der Waals surface area contributed by atoms with Crippen LogP contribution >= 0.6 is 0 Å². The number of hydrogen-bond acceptors (Lipinski definition) is 3. The van der Waals surface area contributed by atoms with E-state index >= 15 is 0 Å². The Labute approximate surface area is 618 Å². The molecule has 19 aromatic rings. The lowest BCUT2D eigenvalue weighted by Gasteiger charge is -2.45. The Kier molecular flexibility index (Phi) is 8.29. The van der Waals surface area contributed by atoms with Crippen molar-refractivity contribution in [3.05, 3.63) is 339 Å². The van der Waals surface area contributed by atoms with Crippen molar-refractivity contribution in [3.63, 3.8) is 0 Å². The van der Waals surface area contributed by atoms with Gasteiger partial charge in [-0.05, 0) is 128 Å². The molecule has 0 fully saturated rings. The van der Waals surface area contributed by atoms with Crippen molar-refractivity contribution in [2.24, 2.45) is 0 Å². The number of fused-ring (bicyclic) bond motifs is 16. The fraction of sp³-hybridized carbons (Fsp3) is 0.0426. The summed E-state index contributed by atoms with van der Waals surface area (Å²) in [6.45, 7) is 5.43. The lowest BCUT2D eigenvalue weighted by molar-refractivity contribution is 0.590. The van der Waals surface area contributed by atoms with Crippen LogP contribution in [0, 0.1) is 0 Å². The van der Waals surface area contributed by atoms with E-state index in [9.17, 15) is 24.7 Å². The molecule has 6 heterocycles. The Balaban J connectivity index is 0.973. The largest absolute Gasteiger partial charge is 0.452 e. The number of hydrogen-bond donors (Lipinski definition) is 0. The lowest BCUT2D eigenvalue weighted by Crippen LogP contribution is -2.61. The molecule has 7 heteroatoms. The zero-order valence-corrected chi connectivity index (χ0v) is 54.1. The zero-order valence-electron chi connectivity index (χ0n) is 78.1. The first kappa shape index (κ1) is 38.3. The molecule has 0 saturated carbocycles. The maximum Gasteiger partial charge on any atom is 0.252 e. The van der Waals surface area contributed by atoms with E-state index in [-0.39, 0.29) is 99.1 Å². The van der Waals surface area contributed by atoms with E-state index in [0.29, 0.717) is 72.4 Å². The molecule has 101 heavy (non-hydrogen) atoms. The molecule has 0 spiro atoms. The fourth-order valence-electron chi connectivity index (χ4n) is 15.7. The van der Waals surface area contributed by atoms with Gasteiger partial charge in [-0.1, -0.05) is 275 Å². The minimum Gasteiger partial charge on any atom is -0.452 e. The molecule has 6 nitrogen and oxygen atoms in total. The third-order valence-electron chi connectivity index (χ3n) is 20.1. The Bertz CT molecular complexity index is 7890. The molecular weight excluding hydrogens is 1230 g/mol. The van der Waals surface area contributed by atoms with Gasteiger partial charge in [0.2, 0.25) is 0 Å². The summed E-state index contributed by atoms with van der Waals surface area (Å²) >= 11 is 0. The highest BCUT2D eigenvalue weighted by Crippen LogP contribution is 2.54. The number of aromatic nitrogens is 3. The average molecular weight is 1310 g/mol. The molecule has 0 unspecified atom stereocenters. The Morgan fingerprint density at radius 2 is 0.713 bits per heavy atom. The van der Waals surface area contributed by atoms with Gasteiger partial charge in [-0.2, -0.15) is 0 Å². The summed E-state index contributed by atoms with van der Waals surface area (Å²) in [5, 5.41) is -0.0895. The van der Waals surface area contributed by atoms with Crippen LogP contribution in [0.5, 0.6) is 0 Å². The molecule has 0 N–H and O–H groups in total. The maximum absolute atomic E-state index is 10.1. The molecule has 0 radical (unpaired) electrons. The molecule has 474 valence electrons. The SMILES string of the molecule is [2H]c1c([2H])c([2H])c2c(c1[2H])c1c([2H])c([2H])c([2H])c([2H])c1n2-c1ccc2c(c1)N(c1c(-c3ccccc3)cccc1-c1ccccc1)c1cc(-n3c4c([2H])c([2H])c([2H])c([2H])c4c4c([2H])c([2H])c([2H])c([2H])c43)cc3c1B2c1ccc(-c2cccc(C(C)(C)C)c2)cc1N3c1cccc2c1oc1c(-n3c4c([2H])c([2H])c([2H])c([2H])c4c4c([2H])c([2H])c([2H])c([2H])c43)cccc12. The van der Waals surface area contributed by atoms with Crippen molar-refractivity contribution < 1.29 is 37.3 Å². The molecule has 0 saturated heterocycles. The van der Waals surface area contributed by atoms with Crippen molar-refractivity contribution in [1.29, 1.82) is 0 Å². The second-order valence-electron chi connectivity index (χ2n) is 26.5. The molecule has 4 aromatic heterocycles. The molecule has 2 aliphatic heterocycles. The molecule has 21 rings (SSSR count). The monoisotopic (exact) mass is 1310 g/mol. The van der Waals surface area contributed by atoms with Gasteiger partial charge in [-0.3, -0.25) is 0 Å². The minimum absolute atomic E-state index is 0.0899. The first-order chi connectivity index (χ1) is 59.7. The molecule has 0 amide bonds. The smallest absolute Gasteiger partial charge is 0.252 e. The van der Waals surface area contributed by atoms with Gasteiger partial charge in [0.05, 0.1) is 88.7 Å². The lowest BCUT2D eigenvalue weighted by atomic mass is 9.33. The van der Waals surface area contributed by atoms with Gasteiger partial charge in [0.25, 0.3) is 6.71 Å². The van der Waals surface area contributed by atoms with Crippen LogP contribution in [0.2, 0.25) is 0 Å². The maximum atomic E-state index is 10.1. The molecule has 0 aliphatic carbocycles. The van der Waals surface area contributed by atoms with Gasteiger partial charge in [-0.15, -0.1) is 0 Å². The highest BCUT2D eigenvalue weighted by Gasteiger charge is 2.46. The summed E-state index contributed by atoms with van der Waals surface area (Å²) in [4.78, 5) is 4.08. The Morgan fingerprint density at radius 3 is 1.24 bits per heavy atom. The van der Waals surface area contributed by atoms with Crippen LogP contribution in [-0.2, 0) is 5.41 Å². The predicted octanol–water partition coefficient (Wildman–Crippen LogP) is 23.3. The summed E-state index contributed by atoms with van der Waals surface area (Å²) in [6, 6.07) is 45.0. The van der Waals surface area contributed by atoms with E-state index < -0.39 is 152 Å². The normalized spacial score (nSPS) is 16.2. The van der Waals surface area contributed by atoms with E-state index in [4.69, 9.17) is 12.6 Å².